The van der Waals surface area contributed by atoms with Gasteiger partial charge in [-0.05, 0) is 37.2 Å². The average Bonchev–Trinajstić information content (AvgIpc) is 3.29. The van der Waals surface area contributed by atoms with Crippen molar-refractivity contribution in [3.05, 3.63) is 41.5 Å². The van der Waals surface area contributed by atoms with Crippen LogP contribution in [0.1, 0.15) is 44.1 Å². The van der Waals surface area contributed by atoms with E-state index in [1.54, 1.807) is 7.11 Å². The Kier molecular flexibility index (Phi) is 5.75. The standard InChI is InChI=1S/C22H31NO3/c1-24-12-9-18(15-17-5-3-2-4-6-17)20-16-21(20)23-19-7-10-22(11-8-19)25-13-14-26-22/h2-6,15,19-21,23H,7-14,16H2,1H3. The van der Waals surface area contributed by atoms with Crippen LogP contribution in [0.4, 0.5) is 0 Å². The van der Waals surface area contributed by atoms with E-state index >= 15 is 0 Å². The van der Waals surface area contributed by atoms with E-state index in [1.165, 1.54) is 17.6 Å². The summed E-state index contributed by atoms with van der Waals surface area (Å²) in [5.41, 5.74) is 2.81. The zero-order valence-electron chi connectivity index (χ0n) is 15.8. The van der Waals surface area contributed by atoms with Crippen molar-refractivity contribution >= 4 is 6.08 Å². The highest BCUT2D eigenvalue weighted by Gasteiger charge is 2.44. The summed E-state index contributed by atoms with van der Waals surface area (Å²) in [6, 6.07) is 11.9. The molecule has 2 atom stereocenters. The number of ether oxygens (including phenoxy) is 3. The second-order valence-corrected chi connectivity index (χ2v) is 7.87. The first-order valence-corrected chi connectivity index (χ1v) is 10.1. The maximum atomic E-state index is 5.85. The molecule has 4 heteroatoms. The number of nitrogens with one attached hydrogen (secondary N) is 1. The lowest BCUT2D eigenvalue weighted by Crippen LogP contribution is -2.43. The lowest BCUT2D eigenvalue weighted by Gasteiger charge is -2.35. The van der Waals surface area contributed by atoms with Gasteiger partial charge in [0.15, 0.2) is 5.79 Å². The number of rotatable bonds is 7. The SMILES string of the molecule is COCCC(=Cc1ccccc1)C1CC1NC1CCC2(CC1)OCCO2. The topological polar surface area (TPSA) is 39.7 Å². The second kappa shape index (κ2) is 8.22. The first kappa shape index (κ1) is 18.2. The minimum atomic E-state index is -0.252. The molecular weight excluding hydrogens is 326 g/mol. The molecule has 3 aliphatic rings. The zero-order valence-corrected chi connectivity index (χ0v) is 15.8. The predicted octanol–water partition coefficient (Wildman–Crippen LogP) is 3.77. The van der Waals surface area contributed by atoms with Gasteiger partial charge >= 0.3 is 0 Å². The Morgan fingerprint density at radius 3 is 2.62 bits per heavy atom. The molecule has 4 nitrogen and oxygen atoms in total. The fraction of sp³-hybridized carbons (Fsp3) is 0.636. The quantitative estimate of drug-likeness (QED) is 0.806. The van der Waals surface area contributed by atoms with Crippen LogP contribution in [0.2, 0.25) is 0 Å². The molecule has 142 valence electrons. The molecule has 1 aromatic carbocycles. The average molecular weight is 357 g/mol. The summed E-state index contributed by atoms with van der Waals surface area (Å²) in [5.74, 6) is 0.401. The molecule has 1 saturated heterocycles. The van der Waals surface area contributed by atoms with Gasteiger partial charge < -0.3 is 19.5 Å². The molecule has 1 N–H and O–H groups in total. The van der Waals surface area contributed by atoms with Gasteiger partial charge in [0, 0.05) is 38.6 Å². The van der Waals surface area contributed by atoms with E-state index in [0.717, 1.165) is 51.9 Å². The number of methoxy groups -OCH3 is 1. The van der Waals surface area contributed by atoms with Crippen LogP contribution in [0.5, 0.6) is 0 Å². The Hall–Kier alpha value is -1.20. The maximum absolute atomic E-state index is 5.85. The van der Waals surface area contributed by atoms with Crippen molar-refractivity contribution in [1.82, 2.24) is 5.32 Å². The molecule has 0 amide bonds. The predicted molar refractivity (Wildman–Crippen MR) is 103 cm³/mol. The normalized spacial score (nSPS) is 28.6. The monoisotopic (exact) mass is 357 g/mol. The summed E-state index contributed by atoms with van der Waals surface area (Å²) in [4.78, 5) is 0. The van der Waals surface area contributed by atoms with E-state index in [-0.39, 0.29) is 5.79 Å². The summed E-state index contributed by atoms with van der Waals surface area (Å²) in [6.45, 7) is 2.31. The fourth-order valence-electron chi connectivity index (χ4n) is 4.45. The van der Waals surface area contributed by atoms with Crippen LogP contribution in [0, 0.1) is 5.92 Å². The van der Waals surface area contributed by atoms with E-state index in [1.807, 2.05) is 0 Å². The third-order valence-electron chi connectivity index (χ3n) is 6.02. The summed E-state index contributed by atoms with van der Waals surface area (Å²) in [7, 11) is 1.79. The van der Waals surface area contributed by atoms with Crippen molar-refractivity contribution in [2.24, 2.45) is 5.92 Å². The molecule has 1 aromatic rings. The summed E-state index contributed by atoms with van der Waals surface area (Å²) in [6.07, 6.45) is 8.98. The first-order chi connectivity index (χ1) is 12.8. The van der Waals surface area contributed by atoms with Crippen molar-refractivity contribution in [2.75, 3.05) is 26.9 Å². The summed E-state index contributed by atoms with van der Waals surface area (Å²) in [5, 5.41) is 3.90. The van der Waals surface area contributed by atoms with Crippen molar-refractivity contribution < 1.29 is 14.2 Å². The van der Waals surface area contributed by atoms with Crippen LogP contribution < -0.4 is 5.32 Å². The van der Waals surface area contributed by atoms with Gasteiger partial charge in [-0.15, -0.1) is 0 Å². The van der Waals surface area contributed by atoms with Crippen molar-refractivity contribution in [2.45, 2.75) is 56.4 Å². The number of benzene rings is 1. The van der Waals surface area contributed by atoms with Crippen molar-refractivity contribution in [3.8, 4) is 0 Å². The molecule has 3 fully saturated rings. The molecule has 1 heterocycles. The molecule has 2 saturated carbocycles. The summed E-state index contributed by atoms with van der Waals surface area (Å²) < 4.78 is 17.0. The lowest BCUT2D eigenvalue weighted by molar-refractivity contribution is -0.179. The Labute approximate surface area is 156 Å². The molecule has 0 aromatic heterocycles. The Balaban J connectivity index is 1.31. The highest BCUT2D eigenvalue weighted by molar-refractivity contribution is 5.54. The van der Waals surface area contributed by atoms with Gasteiger partial charge in [-0.25, -0.2) is 0 Å². The van der Waals surface area contributed by atoms with E-state index in [2.05, 4.69) is 41.7 Å². The minimum absolute atomic E-state index is 0.252. The van der Waals surface area contributed by atoms with Gasteiger partial charge in [0.1, 0.15) is 0 Å². The maximum Gasteiger partial charge on any atom is 0.168 e. The largest absolute Gasteiger partial charge is 0.384 e. The highest BCUT2D eigenvalue weighted by atomic mass is 16.7. The van der Waals surface area contributed by atoms with E-state index in [0.29, 0.717) is 18.0 Å². The van der Waals surface area contributed by atoms with Gasteiger partial charge in [-0.2, -0.15) is 0 Å². The van der Waals surface area contributed by atoms with Crippen LogP contribution in [-0.4, -0.2) is 44.8 Å². The third-order valence-corrected chi connectivity index (χ3v) is 6.02. The van der Waals surface area contributed by atoms with Crippen molar-refractivity contribution in [1.29, 1.82) is 0 Å². The van der Waals surface area contributed by atoms with Gasteiger partial charge in [-0.1, -0.05) is 42.0 Å². The Morgan fingerprint density at radius 2 is 1.92 bits per heavy atom. The van der Waals surface area contributed by atoms with Crippen LogP contribution in [0.25, 0.3) is 6.08 Å². The molecule has 0 bridgehead atoms. The number of hydrogen-bond donors (Lipinski definition) is 1. The first-order valence-electron chi connectivity index (χ1n) is 10.1. The molecule has 0 radical (unpaired) electrons. The second-order valence-electron chi connectivity index (χ2n) is 7.87. The summed E-state index contributed by atoms with van der Waals surface area (Å²) >= 11 is 0. The van der Waals surface area contributed by atoms with Crippen LogP contribution >= 0.6 is 0 Å². The fourth-order valence-corrected chi connectivity index (χ4v) is 4.45. The molecule has 26 heavy (non-hydrogen) atoms. The molecule has 4 rings (SSSR count). The van der Waals surface area contributed by atoms with E-state index in [4.69, 9.17) is 14.2 Å². The minimum Gasteiger partial charge on any atom is -0.384 e. The number of hydrogen-bond acceptors (Lipinski definition) is 4. The lowest BCUT2D eigenvalue weighted by atomic mass is 9.90. The molecule has 2 unspecified atom stereocenters. The van der Waals surface area contributed by atoms with Crippen LogP contribution in [-0.2, 0) is 14.2 Å². The van der Waals surface area contributed by atoms with Gasteiger partial charge in [-0.3, -0.25) is 0 Å². The molecule has 1 spiro atoms. The molecule has 2 aliphatic carbocycles. The highest BCUT2D eigenvalue weighted by Crippen LogP contribution is 2.42. The van der Waals surface area contributed by atoms with Gasteiger partial charge in [0.2, 0.25) is 0 Å². The van der Waals surface area contributed by atoms with E-state index in [9.17, 15) is 0 Å². The molecule has 1 aliphatic heterocycles. The van der Waals surface area contributed by atoms with Crippen LogP contribution in [0.15, 0.2) is 35.9 Å². The van der Waals surface area contributed by atoms with Gasteiger partial charge in [0.05, 0.1) is 13.2 Å². The molecular formula is C22H31NO3. The zero-order chi connectivity index (χ0) is 17.8. The van der Waals surface area contributed by atoms with Gasteiger partial charge in [0.25, 0.3) is 0 Å². The van der Waals surface area contributed by atoms with Crippen molar-refractivity contribution in [3.63, 3.8) is 0 Å². The smallest absolute Gasteiger partial charge is 0.168 e. The third kappa shape index (κ3) is 4.37. The Bertz CT molecular complexity index is 599. The van der Waals surface area contributed by atoms with Crippen LogP contribution in [0.3, 0.4) is 0 Å². The van der Waals surface area contributed by atoms with E-state index < -0.39 is 0 Å². The Morgan fingerprint density at radius 1 is 1.19 bits per heavy atom.